The lowest BCUT2D eigenvalue weighted by Crippen LogP contribution is -2.37. The van der Waals surface area contributed by atoms with Gasteiger partial charge < -0.3 is 4.74 Å². The van der Waals surface area contributed by atoms with Gasteiger partial charge in [0.25, 0.3) is 15.7 Å². The monoisotopic (exact) mass is 446 g/mol. The van der Waals surface area contributed by atoms with Crippen molar-refractivity contribution in [2.75, 3.05) is 17.5 Å². The van der Waals surface area contributed by atoms with Crippen LogP contribution in [0.2, 0.25) is 10.0 Å². The number of hydrogen-bond acceptors (Lipinski definition) is 6. The lowest BCUT2D eigenvalue weighted by Gasteiger charge is -2.25. The molecule has 0 amide bonds. The van der Waals surface area contributed by atoms with E-state index in [4.69, 9.17) is 27.9 Å². The quantitative estimate of drug-likeness (QED) is 0.361. The molecule has 8 nitrogen and oxygen atoms in total. The van der Waals surface area contributed by atoms with E-state index in [0.29, 0.717) is 0 Å². The summed E-state index contributed by atoms with van der Waals surface area (Å²) in [4.78, 5) is 22.1. The second-order valence-electron chi connectivity index (χ2n) is 5.62. The van der Waals surface area contributed by atoms with Gasteiger partial charge in [-0.3, -0.25) is 19.2 Å². The van der Waals surface area contributed by atoms with Crippen molar-refractivity contribution in [3.63, 3.8) is 0 Å². The summed E-state index contributed by atoms with van der Waals surface area (Å²) in [6.07, 6.45) is 0. The number of carbonyl (C=O) groups is 1. The fraction of sp³-hybridized carbons (Fsp3) is 0.235. The van der Waals surface area contributed by atoms with E-state index in [2.05, 4.69) is 0 Å². The van der Waals surface area contributed by atoms with Crippen LogP contribution in [-0.4, -0.2) is 32.5 Å². The number of hydrogen-bond donors (Lipinski definition) is 0. The summed E-state index contributed by atoms with van der Waals surface area (Å²) in [5.74, 6) is -0.815. The van der Waals surface area contributed by atoms with Gasteiger partial charge in [0.2, 0.25) is 0 Å². The predicted molar refractivity (Wildman–Crippen MR) is 105 cm³/mol. The zero-order chi connectivity index (χ0) is 21.1. The van der Waals surface area contributed by atoms with Crippen molar-refractivity contribution < 1.29 is 22.9 Å². The Morgan fingerprint density at radius 2 is 1.89 bits per heavy atom. The van der Waals surface area contributed by atoms with Gasteiger partial charge in [0.05, 0.1) is 27.1 Å². The number of sulfonamides is 1. The number of ether oxygens (including phenoxy) is 1. The van der Waals surface area contributed by atoms with Gasteiger partial charge in [0.1, 0.15) is 6.54 Å². The van der Waals surface area contributed by atoms with Gasteiger partial charge in [-0.1, -0.05) is 29.3 Å². The number of nitro groups is 1. The van der Waals surface area contributed by atoms with Gasteiger partial charge in [-0.05, 0) is 37.6 Å². The molecule has 11 heteroatoms. The van der Waals surface area contributed by atoms with Crippen LogP contribution in [0.1, 0.15) is 12.5 Å². The van der Waals surface area contributed by atoms with E-state index < -0.39 is 33.1 Å². The standard InChI is InChI=1S/C17H16Cl2N2O6S/c1-3-27-17(22)10-20(15-8-12(18)5-7-14(15)19)28(25,26)16-9-13(21(23)24)6-4-11(16)2/h4-9H,3,10H2,1-2H3. The predicted octanol–water partition coefficient (Wildman–Crippen LogP) is 3.97. The number of carbonyl (C=O) groups excluding carboxylic acids is 1. The summed E-state index contributed by atoms with van der Waals surface area (Å²) in [6, 6.07) is 7.56. The molecule has 0 atom stereocenters. The SMILES string of the molecule is CCOC(=O)CN(c1cc(Cl)ccc1Cl)S(=O)(=O)c1cc([N+](=O)[O-])ccc1C. The molecule has 0 aliphatic carbocycles. The third-order valence-electron chi connectivity index (χ3n) is 3.71. The molecule has 0 fully saturated rings. The third kappa shape index (κ3) is 4.73. The van der Waals surface area contributed by atoms with E-state index in [-0.39, 0.29) is 32.8 Å². The van der Waals surface area contributed by atoms with Crippen LogP contribution in [0.4, 0.5) is 11.4 Å². The first-order chi connectivity index (χ1) is 13.1. The molecule has 0 aliphatic rings. The Bertz CT molecular complexity index is 1030. The lowest BCUT2D eigenvalue weighted by atomic mass is 10.2. The minimum atomic E-state index is -4.41. The summed E-state index contributed by atoms with van der Waals surface area (Å²) in [7, 11) is -4.41. The molecule has 150 valence electrons. The van der Waals surface area contributed by atoms with Crippen LogP contribution in [0.3, 0.4) is 0 Å². The highest BCUT2D eigenvalue weighted by Gasteiger charge is 2.32. The number of halogens is 2. The smallest absolute Gasteiger partial charge is 0.326 e. The highest BCUT2D eigenvalue weighted by molar-refractivity contribution is 7.93. The van der Waals surface area contributed by atoms with Crippen molar-refractivity contribution in [3.8, 4) is 0 Å². The van der Waals surface area contributed by atoms with E-state index in [1.807, 2.05) is 0 Å². The zero-order valence-electron chi connectivity index (χ0n) is 14.9. The van der Waals surface area contributed by atoms with Crippen LogP contribution < -0.4 is 4.31 Å². The van der Waals surface area contributed by atoms with Crippen molar-refractivity contribution in [1.29, 1.82) is 0 Å². The Kier molecular flexibility index (Phi) is 6.87. The lowest BCUT2D eigenvalue weighted by molar-refractivity contribution is -0.385. The van der Waals surface area contributed by atoms with Crippen molar-refractivity contribution >= 4 is 50.6 Å². The number of anilines is 1. The molecule has 2 rings (SSSR count). The molecule has 0 bridgehead atoms. The summed E-state index contributed by atoms with van der Waals surface area (Å²) < 4.78 is 32.2. The topological polar surface area (TPSA) is 107 Å². The van der Waals surface area contributed by atoms with Gasteiger partial charge in [-0.15, -0.1) is 0 Å². The largest absolute Gasteiger partial charge is 0.465 e. The first-order valence-electron chi connectivity index (χ1n) is 7.96. The maximum absolute atomic E-state index is 13.3. The van der Waals surface area contributed by atoms with Gasteiger partial charge in [-0.2, -0.15) is 0 Å². The normalized spacial score (nSPS) is 11.1. The van der Waals surface area contributed by atoms with Crippen LogP contribution in [0.25, 0.3) is 0 Å². The molecule has 28 heavy (non-hydrogen) atoms. The first-order valence-corrected chi connectivity index (χ1v) is 10.2. The van der Waals surface area contributed by atoms with Gasteiger partial charge in [0.15, 0.2) is 0 Å². The van der Waals surface area contributed by atoms with Gasteiger partial charge >= 0.3 is 5.97 Å². The summed E-state index contributed by atoms with van der Waals surface area (Å²) in [6.45, 7) is 2.43. The van der Waals surface area contributed by atoms with E-state index >= 15 is 0 Å². The van der Waals surface area contributed by atoms with E-state index in [9.17, 15) is 23.3 Å². The Morgan fingerprint density at radius 3 is 2.50 bits per heavy atom. The third-order valence-corrected chi connectivity index (χ3v) is 6.16. The van der Waals surface area contributed by atoms with Crippen LogP contribution in [0.5, 0.6) is 0 Å². The number of esters is 1. The van der Waals surface area contributed by atoms with Crippen LogP contribution >= 0.6 is 23.2 Å². The van der Waals surface area contributed by atoms with Crippen LogP contribution in [0.15, 0.2) is 41.3 Å². The van der Waals surface area contributed by atoms with E-state index in [1.165, 1.54) is 37.3 Å². The number of non-ortho nitro benzene ring substituents is 1. The van der Waals surface area contributed by atoms with Crippen molar-refractivity contribution in [2.45, 2.75) is 18.7 Å². The molecule has 0 aromatic heterocycles. The molecule has 2 aromatic rings. The van der Waals surface area contributed by atoms with E-state index in [0.717, 1.165) is 10.4 Å². The Labute approximate surface area is 171 Å². The molecule has 0 saturated heterocycles. The second kappa shape index (κ2) is 8.76. The molecule has 0 spiro atoms. The zero-order valence-corrected chi connectivity index (χ0v) is 17.2. The fourth-order valence-electron chi connectivity index (χ4n) is 2.40. The van der Waals surface area contributed by atoms with Crippen LogP contribution in [0, 0.1) is 17.0 Å². The fourth-order valence-corrected chi connectivity index (χ4v) is 4.50. The average Bonchev–Trinajstić information content (AvgIpc) is 2.62. The minimum Gasteiger partial charge on any atom is -0.465 e. The van der Waals surface area contributed by atoms with Crippen molar-refractivity contribution in [1.82, 2.24) is 0 Å². The molecule has 0 radical (unpaired) electrons. The maximum atomic E-state index is 13.3. The summed E-state index contributed by atoms with van der Waals surface area (Å²) >= 11 is 12.1. The van der Waals surface area contributed by atoms with Gasteiger partial charge in [0, 0.05) is 17.2 Å². The molecule has 2 aromatic carbocycles. The Balaban J connectivity index is 2.68. The van der Waals surface area contributed by atoms with Crippen molar-refractivity contribution in [2.24, 2.45) is 0 Å². The van der Waals surface area contributed by atoms with Crippen molar-refractivity contribution in [3.05, 3.63) is 62.1 Å². The van der Waals surface area contributed by atoms with E-state index in [1.54, 1.807) is 6.92 Å². The number of rotatable bonds is 7. The molecule has 0 saturated carbocycles. The number of nitrogens with zero attached hydrogens (tertiary/aromatic N) is 2. The average molecular weight is 447 g/mol. The summed E-state index contributed by atoms with van der Waals surface area (Å²) in [5, 5.41) is 11.3. The highest BCUT2D eigenvalue weighted by atomic mass is 35.5. The molecule has 0 unspecified atom stereocenters. The highest BCUT2D eigenvalue weighted by Crippen LogP contribution is 2.34. The van der Waals surface area contributed by atoms with Crippen LogP contribution in [-0.2, 0) is 19.6 Å². The molecule has 0 aliphatic heterocycles. The molecular formula is C17H16Cl2N2O6S. The maximum Gasteiger partial charge on any atom is 0.326 e. The molecular weight excluding hydrogens is 431 g/mol. The Hall–Kier alpha value is -2.36. The number of aryl methyl sites for hydroxylation is 1. The Morgan fingerprint density at radius 1 is 1.21 bits per heavy atom. The number of benzene rings is 2. The number of nitro benzene ring substituents is 1. The second-order valence-corrected chi connectivity index (χ2v) is 8.29. The molecule has 0 heterocycles. The first kappa shape index (κ1) is 21.9. The molecule has 0 N–H and O–H groups in total. The minimum absolute atomic E-state index is 0.0281. The summed E-state index contributed by atoms with van der Waals surface area (Å²) in [5.41, 5.74) is -0.191. The van der Waals surface area contributed by atoms with Gasteiger partial charge in [-0.25, -0.2) is 8.42 Å².